The summed E-state index contributed by atoms with van der Waals surface area (Å²) in [5.74, 6) is 1.34. The Morgan fingerprint density at radius 2 is 2.14 bits per heavy atom. The summed E-state index contributed by atoms with van der Waals surface area (Å²) in [5, 5.41) is 4.54. The summed E-state index contributed by atoms with van der Waals surface area (Å²) < 4.78 is 7.16. The molecule has 2 aromatic heterocycles. The maximum Gasteiger partial charge on any atom is 0.229 e. The van der Waals surface area contributed by atoms with Gasteiger partial charge in [0.25, 0.3) is 0 Å². The summed E-state index contributed by atoms with van der Waals surface area (Å²) in [6, 6.07) is 2.07. The molecule has 1 atom stereocenters. The first kappa shape index (κ1) is 13.9. The van der Waals surface area contributed by atoms with Gasteiger partial charge in [0.15, 0.2) is 0 Å². The SMILES string of the molecule is COc1ccnc(N2CCC[C@@H]2c2c(C)nn(C)c2C)n1. The quantitative estimate of drug-likeness (QED) is 0.866. The fourth-order valence-electron chi connectivity index (χ4n) is 3.16. The molecule has 1 aliphatic rings. The van der Waals surface area contributed by atoms with Gasteiger partial charge in [-0.3, -0.25) is 4.68 Å². The van der Waals surface area contributed by atoms with Crippen molar-refractivity contribution < 1.29 is 4.74 Å². The highest BCUT2D eigenvalue weighted by Crippen LogP contribution is 2.37. The van der Waals surface area contributed by atoms with Gasteiger partial charge in [-0.25, -0.2) is 4.98 Å². The Labute approximate surface area is 124 Å². The molecule has 1 saturated heterocycles. The van der Waals surface area contributed by atoms with E-state index in [4.69, 9.17) is 4.74 Å². The summed E-state index contributed by atoms with van der Waals surface area (Å²) in [6.07, 6.45) is 3.99. The van der Waals surface area contributed by atoms with E-state index in [9.17, 15) is 0 Å². The van der Waals surface area contributed by atoms with Crippen LogP contribution in [0, 0.1) is 13.8 Å². The van der Waals surface area contributed by atoms with Gasteiger partial charge in [0.2, 0.25) is 11.8 Å². The molecule has 0 saturated carbocycles. The molecule has 3 heterocycles. The lowest BCUT2D eigenvalue weighted by molar-refractivity contribution is 0.396. The molecular weight excluding hydrogens is 266 g/mol. The Balaban J connectivity index is 1.99. The number of rotatable bonds is 3. The van der Waals surface area contributed by atoms with Crippen molar-refractivity contribution in [3.05, 3.63) is 29.2 Å². The molecule has 0 aromatic carbocycles. The number of hydrogen-bond donors (Lipinski definition) is 0. The zero-order valence-corrected chi connectivity index (χ0v) is 13.0. The molecule has 6 nitrogen and oxygen atoms in total. The molecule has 0 bridgehead atoms. The average molecular weight is 287 g/mol. The van der Waals surface area contributed by atoms with Crippen LogP contribution in [0.1, 0.15) is 35.8 Å². The molecular formula is C15H21N5O. The molecule has 0 spiro atoms. The molecule has 3 rings (SSSR count). The van der Waals surface area contributed by atoms with Crippen molar-refractivity contribution >= 4 is 5.95 Å². The van der Waals surface area contributed by atoms with Gasteiger partial charge in [0.05, 0.1) is 18.8 Å². The number of aryl methyl sites for hydroxylation is 2. The lowest BCUT2D eigenvalue weighted by atomic mass is 10.0. The third kappa shape index (κ3) is 2.34. The first-order valence-electron chi connectivity index (χ1n) is 7.25. The predicted molar refractivity (Wildman–Crippen MR) is 80.6 cm³/mol. The second kappa shape index (κ2) is 5.35. The number of anilines is 1. The molecule has 6 heteroatoms. The van der Waals surface area contributed by atoms with E-state index >= 15 is 0 Å². The lowest BCUT2D eigenvalue weighted by Gasteiger charge is -2.25. The van der Waals surface area contributed by atoms with Gasteiger partial charge in [-0.05, 0) is 26.7 Å². The van der Waals surface area contributed by atoms with E-state index in [2.05, 4.69) is 33.8 Å². The number of nitrogens with zero attached hydrogens (tertiary/aromatic N) is 5. The van der Waals surface area contributed by atoms with E-state index < -0.39 is 0 Å². The molecule has 0 aliphatic carbocycles. The lowest BCUT2D eigenvalue weighted by Crippen LogP contribution is -2.25. The zero-order chi connectivity index (χ0) is 15.0. The van der Waals surface area contributed by atoms with Crippen LogP contribution >= 0.6 is 0 Å². The summed E-state index contributed by atoms with van der Waals surface area (Å²) in [7, 11) is 3.62. The van der Waals surface area contributed by atoms with Crippen LogP contribution in [-0.4, -0.2) is 33.4 Å². The summed E-state index contributed by atoms with van der Waals surface area (Å²) in [6.45, 7) is 5.16. The number of methoxy groups -OCH3 is 1. The largest absolute Gasteiger partial charge is 0.481 e. The van der Waals surface area contributed by atoms with E-state index in [0.29, 0.717) is 11.9 Å². The summed E-state index contributed by atoms with van der Waals surface area (Å²) >= 11 is 0. The van der Waals surface area contributed by atoms with Gasteiger partial charge in [-0.15, -0.1) is 0 Å². The third-order valence-corrected chi connectivity index (χ3v) is 4.23. The normalized spacial score (nSPS) is 18.3. The molecule has 21 heavy (non-hydrogen) atoms. The van der Waals surface area contributed by atoms with Crippen LogP contribution in [0.4, 0.5) is 5.95 Å². The minimum atomic E-state index is 0.297. The average Bonchev–Trinajstić information content (AvgIpc) is 3.04. The standard InChI is InChI=1S/C15H21N5O/c1-10-14(11(2)19(3)18-10)12-6-5-9-20(12)15-16-8-7-13(17-15)21-4/h7-8,12H,5-6,9H2,1-4H3/t12-/m1/s1. The second-order valence-electron chi connectivity index (χ2n) is 5.46. The molecule has 0 N–H and O–H groups in total. The van der Waals surface area contributed by atoms with Crippen molar-refractivity contribution in [2.45, 2.75) is 32.7 Å². The second-order valence-corrected chi connectivity index (χ2v) is 5.46. The molecule has 0 amide bonds. The fourth-order valence-corrected chi connectivity index (χ4v) is 3.16. The van der Waals surface area contributed by atoms with Gasteiger partial charge in [-0.2, -0.15) is 10.1 Å². The zero-order valence-electron chi connectivity index (χ0n) is 13.0. The number of aromatic nitrogens is 4. The highest BCUT2D eigenvalue weighted by atomic mass is 16.5. The Bertz CT molecular complexity index is 652. The maximum atomic E-state index is 5.21. The third-order valence-electron chi connectivity index (χ3n) is 4.23. The minimum Gasteiger partial charge on any atom is -0.481 e. The molecule has 112 valence electrons. The van der Waals surface area contributed by atoms with Gasteiger partial charge in [0.1, 0.15) is 0 Å². The van der Waals surface area contributed by atoms with Crippen LogP contribution in [0.5, 0.6) is 5.88 Å². The highest BCUT2D eigenvalue weighted by molar-refractivity contribution is 5.42. The van der Waals surface area contributed by atoms with E-state index in [1.54, 1.807) is 19.4 Å². The molecule has 1 aliphatic heterocycles. The topological polar surface area (TPSA) is 56.1 Å². The van der Waals surface area contributed by atoms with Crippen molar-refractivity contribution in [2.75, 3.05) is 18.6 Å². The smallest absolute Gasteiger partial charge is 0.229 e. The first-order chi connectivity index (χ1) is 10.1. The van der Waals surface area contributed by atoms with E-state index in [-0.39, 0.29) is 0 Å². The van der Waals surface area contributed by atoms with E-state index in [0.717, 1.165) is 31.0 Å². The van der Waals surface area contributed by atoms with Crippen LogP contribution in [0.3, 0.4) is 0 Å². The Morgan fingerprint density at radius 1 is 1.33 bits per heavy atom. The highest BCUT2D eigenvalue weighted by Gasteiger charge is 2.32. The van der Waals surface area contributed by atoms with Gasteiger partial charge in [-0.1, -0.05) is 0 Å². The van der Waals surface area contributed by atoms with Gasteiger partial charge < -0.3 is 9.64 Å². The van der Waals surface area contributed by atoms with Crippen molar-refractivity contribution in [1.29, 1.82) is 0 Å². The minimum absolute atomic E-state index is 0.297. The van der Waals surface area contributed by atoms with Crippen LogP contribution in [-0.2, 0) is 7.05 Å². The van der Waals surface area contributed by atoms with Gasteiger partial charge >= 0.3 is 0 Å². The molecule has 0 radical (unpaired) electrons. The van der Waals surface area contributed by atoms with E-state index in [1.807, 2.05) is 11.7 Å². The maximum absolute atomic E-state index is 5.21. The fraction of sp³-hybridized carbons (Fsp3) is 0.533. The van der Waals surface area contributed by atoms with Crippen LogP contribution in [0.15, 0.2) is 12.3 Å². The van der Waals surface area contributed by atoms with Crippen molar-refractivity contribution in [3.8, 4) is 5.88 Å². The monoisotopic (exact) mass is 287 g/mol. The predicted octanol–water partition coefficient (Wildman–Crippen LogP) is 2.18. The molecule has 2 aromatic rings. The molecule has 0 unspecified atom stereocenters. The van der Waals surface area contributed by atoms with E-state index in [1.165, 1.54) is 11.3 Å². The van der Waals surface area contributed by atoms with Crippen LogP contribution < -0.4 is 9.64 Å². The van der Waals surface area contributed by atoms with Crippen molar-refractivity contribution in [3.63, 3.8) is 0 Å². The van der Waals surface area contributed by atoms with Crippen molar-refractivity contribution in [2.24, 2.45) is 7.05 Å². The Hall–Kier alpha value is -2.11. The van der Waals surface area contributed by atoms with Crippen LogP contribution in [0.2, 0.25) is 0 Å². The summed E-state index contributed by atoms with van der Waals surface area (Å²) in [5.41, 5.74) is 3.61. The Kier molecular flexibility index (Phi) is 3.53. The van der Waals surface area contributed by atoms with Crippen LogP contribution in [0.25, 0.3) is 0 Å². The first-order valence-corrected chi connectivity index (χ1v) is 7.25. The molecule has 1 fully saturated rings. The number of hydrogen-bond acceptors (Lipinski definition) is 5. The Morgan fingerprint density at radius 3 is 2.81 bits per heavy atom. The van der Waals surface area contributed by atoms with Crippen molar-refractivity contribution in [1.82, 2.24) is 19.7 Å². The number of ether oxygens (including phenoxy) is 1. The van der Waals surface area contributed by atoms with Gasteiger partial charge in [0, 0.05) is 37.1 Å². The summed E-state index contributed by atoms with van der Waals surface area (Å²) in [4.78, 5) is 11.2.